The number of fused-ring (bicyclic) bond motifs is 2. The van der Waals surface area contributed by atoms with E-state index in [1.807, 2.05) is 22.9 Å². The van der Waals surface area contributed by atoms with Gasteiger partial charge in [0.05, 0.1) is 5.52 Å². The van der Waals surface area contributed by atoms with E-state index < -0.39 is 0 Å². The second kappa shape index (κ2) is 5.88. The summed E-state index contributed by atoms with van der Waals surface area (Å²) in [5.41, 5.74) is 0.682. The maximum atomic E-state index is 12.6. The van der Waals surface area contributed by atoms with Crippen molar-refractivity contribution in [3.8, 4) is 0 Å². The monoisotopic (exact) mass is 358 g/mol. The Morgan fingerprint density at radius 3 is 3.00 bits per heavy atom. The topological polar surface area (TPSA) is 60.7 Å². The molecule has 0 fully saturated rings. The van der Waals surface area contributed by atoms with Crippen LogP contribution in [0, 0.1) is 0 Å². The third-order valence-corrected chi connectivity index (χ3v) is 5.98. The van der Waals surface area contributed by atoms with E-state index in [0.29, 0.717) is 16.4 Å². The number of aromatic nitrogens is 4. The van der Waals surface area contributed by atoms with Gasteiger partial charge in [-0.15, -0.1) is 29.3 Å². The summed E-state index contributed by atoms with van der Waals surface area (Å²) in [4.78, 5) is 26.8. The maximum absolute atomic E-state index is 12.6. The second-order valence-electron chi connectivity index (χ2n) is 4.65. The van der Waals surface area contributed by atoms with E-state index in [4.69, 9.17) is 0 Å². The summed E-state index contributed by atoms with van der Waals surface area (Å²) in [6, 6.07) is 3.85. The number of thiophene rings is 2. The van der Waals surface area contributed by atoms with Crippen LogP contribution in [0.2, 0.25) is 0 Å². The minimum absolute atomic E-state index is 0.0389. The first-order valence-electron chi connectivity index (χ1n) is 6.73. The van der Waals surface area contributed by atoms with Crippen LogP contribution in [0.3, 0.4) is 0 Å². The summed E-state index contributed by atoms with van der Waals surface area (Å²) in [6.07, 6.45) is 3.24. The van der Waals surface area contributed by atoms with Crippen LogP contribution in [0.25, 0.3) is 20.4 Å². The van der Waals surface area contributed by atoms with Crippen molar-refractivity contribution in [2.45, 2.75) is 16.7 Å². The molecule has 4 aromatic rings. The molecule has 0 N–H and O–H groups in total. The number of hydrogen-bond donors (Lipinski definition) is 0. The largest absolute Gasteiger partial charge is 0.282 e. The zero-order valence-electron chi connectivity index (χ0n) is 11.8. The first-order chi connectivity index (χ1) is 11.3. The molecular formula is C15H10N4OS3. The normalized spacial score (nSPS) is 11.3. The smallest absolute Gasteiger partial charge is 0.272 e. The van der Waals surface area contributed by atoms with Crippen molar-refractivity contribution in [3.63, 3.8) is 0 Å². The van der Waals surface area contributed by atoms with Gasteiger partial charge < -0.3 is 0 Å². The average Bonchev–Trinajstić information content (AvgIpc) is 3.20. The highest BCUT2D eigenvalue weighted by Gasteiger charge is 2.15. The number of rotatable bonds is 4. The van der Waals surface area contributed by atoms with Crippen LogP contribution in [0.5, 0.6) is 0 Å². The third-order valence-electron chi connectivity index (χ3n) is 3.26. The average molecular weight is 358 g/mol. The Morgan fingerprint density at radius 1 is 1.26 bits per heavy atom. The summed E-state index contributed by atoms with van der Waals surface area (Å²) in [7, 11) is 0. The molecule has 0 saturated carbocycles. The molecule has 0 radical (unpaired) electrons. The summed E-state index contributed by atoms with van der Waals surface area (Å²) >= 11 is 4.36. The highest BCUT2D eigenvalue weighted by Crippen LogP contribution is 2.32. The predicted octanol–water partition coefficient (Wildman–Crippen LogP) is 3.80. The van der Waals surface area contributed by atoms with Crippen molar-refractivity contribution in [1.29, 1.82) is 0 Å². The molecule has 4 rings (SSSR count). The lowest BCUT2D eigenvalue weighted by Gasteiger charge is -2.09. The quantitative estimate of drug-likeness (QED) is 0.315. The molecule has 0 aromatic carbocycles. The van der Waals surface area contributed by atoms with Crippen molar-refractivity contribution in [1.82, 2.24) is 19.5 Å². The fraction of sp³-hybridized carbons (Fsp3) is 0.0667. The maximum Gasteiger partial charge on any atom is 0.272 e. The van der Waals surface area contributed by atoms with Crippen LogP contribution in [0.15, 0.2) is 56.9 Å². The molecule has 0 bridgehead atoms. The molecule has 114 valence electrons. The third kappa shape index (κ3) is 2.48. The van der Waals surface area contributed by atoms with Crippen LogP contribution in [-0.2, 0) is 6.54 Å². The van der Waals surface area contributed by atoms with Crippen molar-refractivity contribution < 1.29 is 0 Å². The number of allylic oxidation sites excluding steroid dienone is 1. The zero-order chi connectivity index (χ0) is 15.8. The van der Waals surface area contributed by atoms with Crippen LogP contribution in [0.1, 0.15) is 0 Å². The molecule has 0 unspecified atom stereocenters. The summed E-state index contributed by atoms with van der Waals surface area (Å²) in [5, 5.41) is 6.26. The zero-order valence-corrected chi connectivity index (χ0v) is 14.2. The summed E-state index contributed by atoms with van der Waals surface area (Å²) in [6.45, 7) is 4.15. The Kier molecular flexibility index (Phi) is 3.72. The minimum Gasteiger partial charge on any atom is -0.282 e. The van der Waals surface area contributed by atoms with Crippen molar-refractivity contribution in [2.75, 3.05) is 0 Å². The molecule has 4 heterocycles. The van der Waals surface area contributed by atoms with Crippen LogP contribution >= 0.6 is 34.4 Å². The van der Waals surface area contributed by atoms with E-state index in [2.05, 4.69) is 21.5 Å². The highest BCUT2D eigenvalue weighted by atomic mass is 32.2. The molecule has 0 spiro atoms. The molecule has 0 saturated heterocycles. The Hall–Kier alpha value is -2.03. The molecule has 23 heavy (non-hydrogen) atoms. The Balaban J connectivity index is 1.90. The van der Waals surface area contributed by atoms with Gasteiger partial charge in [0.15, 0.2) is 5.16 Å². The summed E-state index contributed by atoms with van der Waals surface area (Å²) < 4.78 is 2.30. The van der Waals surface area contributed by atoms with Crippen LogP contribution in [-0.4, -0.2) is 19.5 Å². The van der Waals surface area contributed by atoms with Crippen molar-refractivity contribution in [3.05, 3.63) is 52.2 Å². The second-order valence-corrected chi connectivity index (χ2v) is 7.42. The van der Waals surface area contributed by atoms with Crippen LogP contribution < -0.4 is 5.56 Å². The molecule has 8 heteroatoms. The lowest BCUT2D eigenvalue weighted by molar-refractivity contribution is 0.672. The van der Waals surface area contributed by atoms with E-state index in [9.17, 15) is 4.79 Å². The van der Waals surface area contributed by atoms with Crippen molar-refractivity contribution >= 4 is 54.9 Å². The van der Waals surface area contributed by atoms with Crippen LogP contribution in [0.4, 0.5) is 0 Å². The highest BCUT2D eigenvalue weighted by molar-refractivity contribution is 7.99. The first kappa shape index (κ1) is 14.6. The molecule has 4 aromatic heterocycles. The molecule has 0 aliphatic rings. The molecule has 0 atom stereocenters. The summed E-state index contributed by atoms with van der Waals surface area (Å²) in [5.74, 6) is 0. The van der Waals surface area contributed by atoms with E-state index in [1.54, 1.807) is 28.3 Å². The molecule has 0 amide bonds. The van der Waals surface area contributed by atoms with E-state index in [0.717, 1.165) is 20.8 Å². The van der Waals surface area contributed by atoms with Crippen molar-refractivity contribution in [2.24, 2.45) is 0 Å². The van der Waals surface area contributed by atoms with Gasteiger partial charge in [-0.05, 0) is 34.7 Å². The first-order valence-corrected chi connectivity index (χ1v) is 9.30. The molecule has 5 nitrogen and oxygen atoms in total. The molecule has 0 aliphatic carbocycles. The van der Waals surface area contributed by atoms with Gasteiger partial charge in [0.2, 0.25) is 0 Å². The van der Waals surface area contributed by atoms with Gasteiger partial charge in [-0.1, -0.05) is 6.08 Å². The SMILES string of the molecule is C=CCn1c(Sc2ncnc3sccc23)nc2ccsc2c1=O. The van der Waals surface area contributed by atoms with Gasteiger partial charge in [-0.25, -0.2) is 15.0 Å². The van der Waals surface area contributed by atoms with Gasteiger partial charge in [-0.3, -0.25) is 9.36 Å². The number of nitrogens with zero attached hydrogens (tertiary/aromatic N) is 4. The standard InChI is InChI=1S/C15H10N4OS3/c1-2-5-19-14(20)11-10(4-7-21-11)18-15(19)23-13-9-3-6-22-12(9)16-8-17-13/h2-4,6-8H,1,5H2. The fourth-order valence-electron chi connectivity index (χ4n) is 2.23. The Bertz CT molecular complexity index is 1080. The van der Waals surface area contributed by atoms with Gasteiger partial charge in [-0.2, -0.15) is 0 Å². The predicted molar refractivity (Wildman–Crippen MR) is 95.6 cm³/mol. The minimum atomic E-state index is -0.0389. The Labute approximate surface area is 143 Å². The molecule has 0 aliphatic heterocycles. The van der Waals surface area contributed by atoms with E-state index in [1.165, 1.54) is 23.1 Å². The lowest BCUT2D eigenvalue weighted by atomic mass is 10.4. The number of hydrogen-bond acceptors (Lipinski definition) is 7. The van der Waals surface area contributed by atoms with E-state index >= 15 is 0 Å². The lowest BCUT2D eigenvalue weighted by Crippen LogP contribution is -2.21. The van der Waals surface area contributed by atoms with Gasteiger partial charge in [0.1, 0.15) is 20.9 Å². The van der Waals surface area contributed by atoms with Gasteiger partial charge >= 0.3 is 0 Å². The fourth-order valence-corrected chi connectivity index (χ4v) is 4.76. The molecular weight excluding hydrogens is 348 g/mol. The Morgan fingerprint density at radius 2 is 2.13 bits per heavy atom. The van der Waals surface area contributed by atoms with Gasteiger partial charge in [0.25, 0.3) is 5.56 Å². The van der Waals surface area contributed by atoms with E-state index in [-0.39, 0.29) is 5.56 Å². The van der Waals surface area contributed by atoms with Gasteiger partial charge in [0, 0.05) is 11.9 Å².